The predicted octanol–water partition coefficient (Wildman–Crippen LogP) is 3.86. The molecule has 0 spiro atoms. The average molecular weight is 446 g/mol. The minimum Gasteiger partial charge on any atom is -0.504 e. The van der Waals surface area contributed by atoms with E-state index in [2.05, 4.69) is 4.98 Å². The summed E-state index contributed by atoms with van der Waals surface area (Å²) < 4.78 is 0. The Balaban J connectivity index is 1.67. The normalized spacial score (nSPS) is 13.9. The van der Waals surface area contributed by atoms with Crippen LogP contribution in [0, 0.1) is 6.92 Å². The maximum atomic E-state index is 13.5. The van der Waals surface area contributed by atoms with E-state index in [0.29, 0.717) is 24.1 Å². The van der Waals surface area contributed by atoms with Gasteiger partial charge in [-0.2, -0.15) is 0 Å². The van der Waals surface area contributed by atoms with Crippen LogP contribution in [0.4, 0.5) is 5.69 Å². The van der Waals surface area contributed by atoms with Gasteiger partial charge in [-0.05, 0) is 78.4 Å². The lowest BCUT2D eigenvalue weighted by atomic mass is 9.93. The summed E-state index contributed by atoms with van der Waals surface area (Å²) >= 11 is 0. The Labute approximate surface area is 192 Å². The molecule has 2 aromatic carbocycles. The molecule has 0 atom stereocenters. The van der Waals surface area contributed by atoms with Crippen molar-refractivity contribution in [3.63, 3.8) is 0 Å². The van der Waals surface area contributed by atoms with E-state index in [9.17, 15) is 19.8 Å². The number of anilines is 1. The number of pyridine rings is 1. The number of phenols is 2. The summed E-state index contributed by atoms with van der Waals surface area (Å²) in [6, 6.07) is 14.0. The van der Waals surface area contributed by atoms with Crippen LogP contribution in [-0.4, -0.2) is 53.1 Å². The van der Waals surface area contributed by atoms with Crippen molar-refractivity contribution in [1.82, 2.24) is 9.88 Å². The van der Waals surface area contributed by atoms with Crippen molar-refractivity contribution in [2.75, 3.05) is 26.0 Å². The van der Waals surface area contributed by atoms with E-state index in [1.54, 1.807) is 44.4 Å². The molecule has 0 saturated heterocycles. The van der Waals surface area contributed by atoms with E-state index in [0.717, 1.165) is 22.4 Å². The second-order valence-corrected chi connectivity index (χ2v) is 8.78. The van der Waals surface area contributed by atoms with Gasteiger partial charge in [0.05, 0.1) is 5.41 Å². The third kappa shape index (κ3) is 4.02. The fourth-order valence-electron chi connectivity index (χ4n) is 4.08. The highest BCUT2D eigenvalue weighted by Gasteiger charge is 2.53. The van der Waals surface area contributed by atoms with Gasteiger partial charge in [-0.1, -0.05) is 12.1 Å². The lowest BCUT2D eigenvalue weighted by Crippen LogP contribution is -2.36. The highest BCUT2D eigenvalue weighted by molar-refractivity contribution is 6.03. The number of aryl methyl sites for hydroxylation is 1. The Morgan fingerprint density at radius 2 is 1.67 bits per heavy atom. The second-order valence-electron chi connectivity index (χ2n) is 8.78. The minimum atomic E-state index is -0.701. The standard InChI is InChI=1S/C26H27N3O4/c1-16-5-7-19(15-20(16)17-9-12-27-21(13-17)24(32)28(2)3)29(4)25(33)26(10-11-26)18-6-8-22(30)23(31)14-18/h5-9,12-15,30-31H,10-11H2,1-4H3. The largest absolute Gasteiger partial charge is 0.504 e. The Morgan fingerprint density at radius 1 is 0.939 bits per heavy atom. The van der Waals surface area contributed by atoms with E-state index < -0.39 is 5.41 Å². The highest BCUT2D eigenvalue weighted by atomic mass is 16.3. The number of hydrogen-bond acceptors (Lipinski definition) is 5. The molecular formula is C26H27N3O4. The van der Waals surface area contributed by atoms with Gasteiger partial charge >= 0.3 is 0 Å². The van der Waals surface area contributed by atoms with E-state index in [-0.39, 0.29) is 23.3 Å². The zero-order valence-corrected chi connectivity index (χ0v) is 19.2. The maximum absolute atomic E-state index is 13.5. The first-order valence-electron chi connectivity index (χ1n) is 10.7. The van der Waals surface area contributed by atoms with Gasteiger partial charge in [0, 0.05) is 33.0 Å². The molecule has 7 heteroatoms. The van der Waals surface area contributed by atoms with Crippen molar-refractivity contribution in [2.24, 2.45) is 0 Å². The Morgan fingerprint density at radius 3 is 2.30 bits per heavy atom. The van der Waals surface area contributed by atoms with Gasteiger partial charge in [0.15, 0.2) is 11.5 Å². The van der Waals surface area contributed by atoms with Crippen LogP contribution in [0.2, 0.25) is 0 Å². The summed E-state index contributed by atoms with van der Waals surface area (Å²) in [6.07, 6.45) is 2.97. The Bertz CT molecular complexity index is 1250. The van der Waals surface area contributed by atoms with Crippen molar-refractivity contribution in [1.29, 1.82) is 0 Å². The van der Waals surface area contributed by atoms with Crippen LogP contribution < -0.4 is 4.90 Å². The topological polar surface area (TPSA) is 94.0 Å². The number of carbonyl (C=O) groups excluding carboxylic acids is 2. The fourth-order valence-corrected chi connectivity index (χ4v) is 4.08. The van der Waals surface area contributed by atoms with Gasteiger partial charge in [0.2, 0.25) is 5.91 Å². The van der Waals surface area contributed by atoms with Crippen LogP contribution in [0.15, 0.2) is 54.7 Å². The van der Waals surface area contributed by atoms with Gasteiger partial charge in [0.25, 0.3) is 5.91 Å². The molecule has 2 amide bonds. The van der Waals surface area contributed by atoms with Gasteiger partial charge in [-0.25, -0.2) is 0 Å². The van der Waals surface area contributed by atoms with Crippen molar-refractivity contribution in [3.05, 3.63) is 71.5 Å². The molecule has 1 heterocycles. The van der Waals surface area contributed by atoms with Crippen molar-refractivity contribution < 1.29 is 19.8 Å². The molecule has 7 nitrogen and oxygen atoms in total. The summed E-state index contributed by atoms with van der Waals surface area (Å²) in [6.45, 7) is 1.98. The molecule has 1 aliphatic carbocycles. The summed E-state index contributed by atoms with van der Waals surface area (Å²) in [5, 5.41) is 19.5. The van der Waals surface area contributed by atoms with Crippen molar-refractivity contribution in [2.45, 2.75) is 25.2 Å². The number of nitrogens with zero attached hydrogens (tertiary/aromatic N) is 3. The molecule has 2 N–H and O–H groups in total. The second kappa shape index (κ2) is 8.24. The smallest absolute Gasteiger partial charge is 0.271 e. The molecule has 0 unspecified atom stereocenters. The number of amides is 2. The van der Waals surface area contributed by atoms with Crippen LogP contribution in [0.3, 0.4) is 0 Å². The lowest BCUT2D eigenvalue weighted by molar-refractivity contribution is -0.120. The molecule has 0 radical (unpaired) electrons. The summed E-state index contributed by atoms with van der Waals surface area (Å²) in [4.78, 5) is 33.2. The lowest BCUT2D eigenvalue weighted by Gasteiger charge is -2.25. The van der Waals surface area contributed by atoms with Crippen molar-refractivity contribution >= 4 is 17.5 Å². The number of benzene rings is 2. The van der Waals surface area contributed by atoms with Gasteiger partial charge in [-0.15, -0.1) is 0 Å². The summed E-state index contributed by atoms with van der Waals surface area (Å²) in [7, 11) is 5.11. The van der Waals surface area contributed by atoms with Crippen LogP contribution in [0.5, 0.6) is 11.5 Å². The Kier molecular flexibility index (Phi) is 5.57. The number of rotatable bonds is 5. The van der Waals surface area contributed by atoms with Gasteiger partial charge in [0.1, 0.15) is 5.69 Å². The molecule has 33 heavy (non-hydrogen) atoms. The molecule has 3 aromatic rings. The van der Waals surface area contributed by atoms with E-state index >= 15 is 0 Å². The third-order valence-corrected chi connectivity index (χ3v) is 6.30. The minimum absolute atomic E-state index is 0.0689. The predicted molar refractivity (Wildman–Crippen MR) is 127 cm³/mol. The number of aromatic nitrogens is 1. The first-order valence-corrected chi connectivity index (χ1v) is 10.7. The number of likely N-dealkylation sites (N-methyl/N-ethyl adjacent to an activating group) is 1. The molecule has 4 rings (SSSR count). The quantitative estimate of drug-likeness (QED) is 0.582. The molecule has 0 aliphatic heterocycles. The van der Waals surface area contributed by atoms with Crippen LogP contribution in [0.1, 0.15) is 34.5 Å². The van der Waals surface area contributed by atoms with Crippen LogP contribution >= 0.6 is 0 Å². The third-order valence-electron chi connectivity index (χ3n) is 6.30. The SMILES string of the molecule is Cc1ccc(N(C)C(=O)C2(c3ccc(O)c(O)c3)CC2)cc1-c1ccnc(C(=O)N(C)C)c1. The number of carbonyl (C=O) groups is 2. The number of phenolic OH excluding ortho intramolecular Hbond substituents is 2. The highest BCUT2D eigenvalue weighted by Crippen LogP contribution is 2.51. The van der Waals surface area contributed by atoms with Crippen molar-refractivity contribution in [3.8, 4) is 22.6 Å². The molecule has 1 fully saturated rings. The van der Waals surface area contributed by atoms with Crippen LogP contribution in [0.25, 0.3) is 11.1 Å². The molecule has 1 saturated carbocycles. The summed E-state index contributed by atoms with van der Waals surface area (Å²) in [5.41, 5.74) is 3.85. The zero-order valence-electron chi connectivity index (χ0n) is 19.2. The molecular weight excluding hydrogens is 418 g/mol. The number of aromatic hydroxyl groups is 2. The molecule has 1 aromatic heterocycles. The Hall–Kier alpha value is -3.87. The first kappa shape index (κ1) is 22.3. The molecule has 170 valence electrons. The van der Waals surface area contributed by atoms with E-state index in [4.69, 9.17) is 0 Å². The monoisotopic (exact) mass is 445 g/mol. The zero-order chi connectivity index (χ0) is 23.9. The molecule has 0 bridgehead atoms. The molecule has 1 aliphatic rings. The first-order chi connectivity index (χ1) is 15.6. The fraction of sp³-hybridized carbons (Fsp3) is 0.269. The van der Waals surface area contributed by atoms with E-state index in [1.807, 2.05) is 31.2 Å². The average Bonchev–Trinajstić information content (AvgIpc) is 3.61. The van der Waals surface area contributed by atoms with E-state index in [1.165, 1.54) is 17.0 Å². The maximum Gasteiger partial charge on any atom is 0.271 e. The van der Waals surface area contributed by atoms with Crippen LogP contribution in [-0.2, 0) is 10.2 Å². The van der Waals surface area contributed by atoms with Gasteiger partial charge < -0.3 is 20.0 Å². The number of hydrogen-bond donors (Lipinski definition) is 2. The summed E-state index contributed by atoms with van der Waals surface area (Å²) in [5.74, 6) is -0.679. The van der Waals surface area contributed by atoms with Gasteiger partial charge in [-0.3, -0.25) is 14.6 Å².